The Bertz CT molecular complexity index is 408. The molecule has 0 nitrogen and oxygen atoms in total. The van der Waals surface area contributed by atoms with Gasteiger partial charge in [-0.15, -0.1) is 0 Å². The maximum atomic E-state index is 2.51. The van der Waals surface area contributed by atoms with E-state index in [0.29, 0.717) is 0 Å². The number of aryl methyl sites for hydroxylation is 1. The Labute approximate surface area is 138 Å². The van der Waals surface area contributed by atoms with E-state index in [2.05, 4.69) is 52.0 Å². The van der Waals surface area contributed by atoms with Crippen molar-refractivity contribution in [1.82, 2.24) is 0 Å². The van der Waals surface area contributed by atoms with Gasteiger partial charge in [-0.3, -0.25) is 0 Å². The van der Waals surface area contributed by atoms with Gasteiger partial charge in [-0.25, -0.2) is 0 Å². The second-order valence-electron chi connectivity index (χ2n) is 7.97. The van der Waals surface area contributed by atoms with Crippen molar-refractivity contribution in [2.75, 3.05) is 0 Å². The Kier molecular flexibility index (Phi) is 6.99. The molecule has 22 heavy (non-hydrogen) atoms. The molecule has 1 aromatic rings. The molecule has 0 saturated heterocycles. The summed E-state index contributed by atoms with van der Waals surface area (Å²) in [6.45, 7) is 9.44. The highest BCUT2D eigenvalue weighted by molar-refractivity contribution is 5.24. The molecule has 0 amide bonds. The Morgan fingerprint density at radius 2 is 1.55 bits per heavy atom. The van der Waals surface area contributed by atoms with Crippen molar-refractivity contribution in [2.45, 2.75) is 85.0 Å². The summed E-state index contributed by atoms with van der Waals surface area (Å²) in [6, 6.07) is 9.27. The van der Waals surface area contributed by atoms with Gasteiger partial charge in [-0.1, -0.05) is 76.3 Å². The van der Waals surface area contributed by atoms with Crippen molar-refractivity contribution in [3.8, 4) is 0 Å². The van der Waals surface area contributed by atoms with E-state index in [4.69, 9.17) is 0 Å². The molecule has 2 atom stereocenters. The lowest BCUT2D eigenvalue weighted by Crippen LogP contribution is -2.20. The molecule has 0 aliphatic heterocycles. The summed E-state index contributed by atoms with van der Waals surface area (Å²) in [4.78, 5) is 0. The fraction of sp³-hybridized carbons (Fsp3) is 0.727. The maximum Gasteiger partial charge on any atom is -0.0162 e. The summed E-state index contributed by atoms with van der Waals surface area (Å²) >= 11 is 0. The van der Waals surface area contributed by atoms with E-state index < -0.39 is 0 Å². The van der Waals surface area contributed by atoms with Crippen molar-refractivity contribution in [2.24, 2.45) is 17.8 Å². The standard InChI is InChI=1S/C22H36/c1-5-6-17(2)7-10-19(4)20-13-15-22(16-14-20)21-11-8-18(3)9-12-21/h8-9,11-12,17,19-20,22H,5-7,10,13-16H2,1-4H3. The van der Waals surface area contributed by atoms with Gasteiger partial charge in [0.2, 0.25) is 0 Å². The maximum absolute atomic E-state index is 2.51. The van der Waals surface area contributed by atoms with Crippen LogP contribution >= 0.6 is 0 Å². The molecule has 2 rings (SSSR count). The van der Waals surface area contributed by atoms with Crippen LogP contribution in [-0.2, 0) is 0 Å². The number of hydrogen-bond acceptors (Lipinski definition) is 0. The first-order chi connectivity index (χ1) is 10.6. The second-order valence-corrected chi connectivity index (χ2v) is 7.97. The van der Waals surface area contributed by atoms with E-state index in [1.165, 1.54) is 56.9 Å². The summed E-state index contributed by atoms with van der Waals surface area (Å²) in [7, 11) is 0. The molecule has 1 aliphatic rings. The monoisotopic (exact) mass is 300 g/mol. The quantitative estimate of drug-likeness (QED) is 0.503. The lowest BCUT2D eigenvalue weighted by atomic mass is 9.73. The first-order valence-corrected chi connectivity index (χ1v) is 9.66. The van der Waals surface area contributed by atoms with E-state index in [1.54, 1.807) is 5.56 Å². The fourth-order valence-corrected chi connectivity index (χ4v) is 4.28. The highest BCUT2D eigenvalue weighted by Gasteiger charge is 2.26. The smallest absolute Gasteiger partial charge is 0.0162 e. The molecule has 0 N–H and O–H groups in total. The van der Waals surface area contributed by atoms with E-state index in [0.717, 1.165) is 23.7 Å². The van der Waals surface area contributed by atoms with Crippen molar-refractivity contribution in [3.05, 3.63) is 35.4 Å². The number of hydrogen-bond donors (Lipinski definition) is 0. The lowest BCUT2D eigenvalue weighted by Gasteiger charge is -2.33. The molecular weight excluding hydrogens is 264 g/mol. The summed E-state index contributed by atoms with van der Waals surface area (Å²) in [5.74, 6) is 3.66. The van der Waals surface area contributed by atoms with Crippen molar-refractivity contribution >= 4 is 0 Å². The number of benzene rings is 1. The SMILES string of the molecule is CCCC(C)CCC(C)C1CCC(c2ccc(C)cc2)CC1. The van der Waals surface area contributed by atoms with Crippen LogP contribution in [0.4, 0.5) is 0 Å². The zero-order valence-electron chi connectivity index (χ0n) is 15.3. The molecule has 1 fully saturated rings. The first kappa shape index (κ1) is 17.6. The molecule has 2 unspecified atom stereocenters. The van der Waals surface area contributed by atoms with Crippen LogP contribution in [0.2, 0.25) is 0 Å². The van der Waals surface area contributed by atoms with Gasteiger partial charge in [0.05, 0.1) is 0 Å². The van der Waals surface area contributed by atoms with Gasteiger partial charge in [0.1, 0.15) is 0 Å². The van der Waals surface area contributed by atoms with Gasteiger partial charge in [0.25, 0.3) is 0 Å². The summed E-state index contributed by atoms with van der Waals surface area (Å²) in [6.07, 6.45) is 11.3. The molecule has 1 saturated carbocycles. The van der Waals surface area contributed by atoms with Crippen molar-refractivity contribution in [3.63, 3.8) is 0 Å². The minimum atomic E-state index is 0.822. The lowest BCUT2D eigenvalue weighted by molar-refractivity contribution is 0.224. The van der Waals surface area contributed by atoms with Crippen LogP contribution in [0.1, 0.15) is 89.2 Å². The third kappa shape index (κ3) is 5.14. The van der Waals surface area contributed by atoms with Gasteiger partial charge in [0, 0.05) is 0 Å². The van der Waals surface area contributed by atoms with Crippen LogP contribution in [0.5, 0.6) is 0 Å². The van der Waals surface area contributed by atoms with Crippen LogP contribution < -0.4 is 0 Å². The van der Waals surface area contributed by atoms with Gasteiger partial charge >= 0.3 is 0 Å². The summed E-state index contributed by atoms with van der Waals surface area (Å²) < 4.78 is 0. The van der Waals surface area contributed by atoms with E-state index >= 15 is 0 Å². The minimum absolute atomic E-state index is 0.822. The summed E-state index contributed by atoms with van der Waals surface area (Å²) in [5, 5.41) is 0. The molecule has 1 aliphatic carbocycles. The Hall–Kier alpha value is -0.780. The van der Waals surface area contributed by atoms with Crippen LogP contribution in [-0.4, -0.2) is 0 Å². The zero-order chi connectivity index (χ0) is 15.9. The van der Waals surface area contributed by atoms with E-state index in [1.807, 2.05) is 0 Å². The van der Waals surface area contributed by atoms with Crippen LogP contribution in [0.3, 0.4) is 0 Å². The molecule has 0 spiro atoms. The largest absolute Gasteiger partial charge is 0.0654 e. The minimum Gasteiger partial charge on any atom is -0.0654 e. The molecule has 124 valence electrons. The zero-order valence-corrected chi connectivity index (χ0v) is 15.3. The molecule has 0 heterocycles. The Balaban J connectivity index is 1.75. The second kappa shape index (κ2) is 8.75. The first-order valence-electron chi connectivity index (χ1n) is 9.66. The van der Waals surface area contributed by atoms with Gasteiger partial charge < -0.3 is 0 Å². The molecule has 0 heteroatoms. The number of rotatable bonds is 7. The highest BCUT2D eigenvalue weighted by Crippen LogP contribution is 2.40. The van der Waals surface area contributed by atoms with Gasteiger partial charge in [0.15, 0.2) is 0 Å². The molecule has 1 aromatic carbocycles. The molecular formula is C22H36. The van der Waals surface area contributed by atoms with Gasteiger partial charge in [-0.05, 0) is 61.8 Å². The molecule has 0 radical (unpaired) electrons. The molecule has 0 bridgehead atoms. The van der Waals surface area contributed by atoms with Crippen LogP contribution in [0, 0.1) is 24.7 Å². The van der Waals surface area contributed by atoms with Gasteiger partial charge in [-0.2, -0.15) is 0 Å². The van der Waals surface area contributed by atoms with Crippen LogP contribution in [0.25, 0.3) is 0 Å². The predicted octanol–water partition coefficient (Wildman–Crippen LogP) is 7.12. The van der Waals surface area contributed by atoms with Crippen LogP contribution in [0.15, 0.2) is 24.3 Å². The normalized spacial score (nSPS) is 24.9. The summed E-state index contributed by atoms with van der Waals surface area (Å²) in [5.41, 5.74) is 2.96. The van der Waals surface area contributed by atoms with Crippen molar-refractivity contribution < 1.29 is 0 Å². The van der Waals surface area contributed by atoms with E-state index in [9.17, 15) is 0 Å². The average molecular weight is 301 g/mol. The predicted molar refractivity (Wildman–Crippen MR) is 98.3 cm³/mol. The Morgan fingerprint density at radius 3 is 2.14 bits per heavy atom. The Morgan fingerprint density at radius 1 is 0.909 bits per heavy atom. The fourth-order valence-electron chi connectivity index (χ4n) is 4.28. The average Bonchev–Trinajstić information content (AvgIpc) is 2.54. The molecule has 0 aromatic heterocycles. The van der Waals surface area contributed by atoms with E-state index in [-0.39, 0.29) is 0 Å². The topological polar surface area (TPSA) is 0 Å². The highest BCUT2D eigenvalue weighted by atomic mass is 14.3. The van der Waals surface area contributed by atoms with Crippen molar-refractivity contribution in [1.29, 1.82) is 0 Å². The third-order valence-electron chi connectivity index (χ3n) is 6.02. The third-order valence-corrected chi connectivity index (χ3v) is 6.02.